The molecule has 0 aliphatic rings. The lowest BCUT2D eigenvalue weighted by molar-refractivity contribution is 0.101. The highest BCUT2D eigenvalue weighted by atomic mass is 32.1. The molecule has 0 bridgehead atoms. The van der Waals surface area contributed by atoms with Crippen LogP contribution in [-0.4, -0.2) is 15.7 Å². The lowest BCUT2D eigenvalue weighted by atomic mass is 10.2. The number of carbonyl (C=O) groups is 1. The van der Waals surface area contributed by atoms with Crippen molar-refractivity contribution >= 4 is 22.2 Å². The van der Waals surface area contributed by atoms with Crippen LogP contribution < -0.4 is 5.32 Å². The van der Waals surface area contributed by atoms with E-state index in [0.29, 0.717) is 16.3 Å². The molecule has 0 fully saturated rings. The Hall–Kier alpha value is -2.13. The summed E-state index contributed by atoms with van der Waals surface area (Å²) in [7, 11) is 1.70. The van der Waals surface area contributed by atoms with Gasteiger partial charge < -0.3 is 5.32 Å². The Bertz CT molecular complexity index is 648. The van der Waals surface area contributed by atoms with Gasteiger partial charge in [0.25, 0.3) is 5.91 Å². The van der Waals surface area contributed by atoms with Crippen molar-refractivity contribution in [1.29, 1.82) is 5.26 Å². The molecule has 0 aliphatic carbocycles. The average Bonchev–Trinajstić information content (AvgIpc) is 2.85. The van der Waals surface area contributed by atoms with Gasteiger partial charge in [0.2, 0.25) is 0 Å². The first-order valence-electron chi connectivity index (χ1n) is 5.34. The van der Waals surface area contributed by atoms with E-state index in [1.807, 2.05) is 13.8 Å². The summed E-state index contributed by atoms with van der Waals surface area (Å²) >= 11 is 1.41. The molecule has 0 saturated carbocycles. The number of rotatable bonds is 2. The molecule has 2 heterocycles. The van der Waals surface area contributed by atoms with Crippen molar-refractivity contribution in [2.75, 3.05) is 5.32 Å². The van der Waals surface area contributed by atoms with Crippen LogP contribution in [0.25, 0.3) is 0 Å². The van der Waals surface area contributed by atoms with Gasteiger partial charge >= 0.3 is 0 Å². The van der Waals surface area contributed by atoms with Gasteiger partial charge in [0.15, 0.2) is 0 Å². The summed E-state index contributed by atoms with van der Waals surface area (Å²) in [5.74, 6) is -0.257. The fourth-order valence-electron chi connectivity index (χ4n) is 1.61. The normalized spacial score (nSPS) is 10.1. The van der Waals surface area contributed by atoms with E-state index in [9.17, 15) is 4.79 Å². The molecule has 2 aromatic heterocycles. The van der Waals surface area contributed by atoms with Crippen LogP contribution in [0.1, 0.15) is 26.5 Å². The topological polar surface area (TPSA) is 70.7 Å². The molecule has 0 unspecified atom stereocenters. The van der Waals surface area contributed by atoms with Gasteiger partial charge in [-0.25, -0.2) is 0 Å². The summed E-state index contributed by atoms with van der Waals surface area (Å²) in [4.78, 5) is 13.0. The second-order valence-corrected chi connectivity index (χ2v) is 5.12. The van der Waals surface area contributed by atoms with Crippen molar-refractivity contribution in [2.45, 2.75) is 13.8 Å². The van der Waals surface area contributed by atoms with E-state index in [-0.39, 0.29) is 5.91 Å². The highest BCUT2D eigenvalue weighted by Gasteiger charge is 2.16. The average molecular weight is 260 g/mol. The zero-order valence-electron chi connectivity index (χ0n) is 10.3. The van der Waals surface area contributed by atoms with Crippen molar-refractivity contribution < 1.29 is 4.79 Å². The predicted molar refractivity (Wildman–Crippen MR) is 69.7 cm³/mol. The van der Waals surface area contributed by atoms with Gasteiger partial charge in [-0.05, 0) is 25.5 Å². The van der Waals surface area contributed by atoms with Crippen LogP contribution >= 0.6 is 11.3 Å². The number of hydrogen-bond donors (Lipinski definition) is 1. The van der Waals surface area contributed by atoms with Gasteiger partial charge in [0, 0.05) is 18.1 Å². The minimum Gasteiger partial charge on any atom is -0.311 e. The second-order valence-electron chi connectivity index (χ2n) is 3.89. The minimum absolute atomic E-state index is 0.257. The Morgan fingerprint density at radius 1 is 1.56 bits per heavy atom. The molecule has 92 valence electrons. The number of nitrogens with zero attached hydrogens (tertiary/aromatic N) is 3. The number of anilines is 1. The molecule has 0 saturated heterocycles. The summed E-state index contributed by atoms with van der Waals surface area (Å²) in [6, 6.07) is 3.76. The quantitative estimate of drug-likeness (QED) is 0.900. The van der Waals surface area contributed by atoms with Crippen LogP contribution in [-0.2, 0) is 7.05 Å². The lowest BCUT2D eigenvalue weighted by Gasteiger charge is -2.03. The Morgan fingerprint density at radius 2 is 2.28 bits per heavy atom. The summed E-state index contributed by atoms with van der Waals surface area (Å²) in [6.07, 6.45) is 1.56. The van der Waals surface area contributed by atoms with Crippen LogP contribution in [0.2, 0.25) is 0 Å². The molecule has 2 rings (SSSR count). The van der Waals surface area contributed by atoms with Crippen molar-refractivity contribution in [1.82, 2.24) is 9.78 Å². The SMILES string of the molecule is Cc1sc(NC(=O)c2ccnn2C)c(C#N)c1C. The fourth-order valence-corrected chi connectivity index (χ4v) is 2.62. The van der Waals surface area contributed by atoms with E-state index in [1.165, 1.54) is 16.0 Å². The first kappa shape index (κ1) is 12.3. The summed E-state index contributed by atoms with van der Waals surface area (Å²) in [5, 5.41) is 16.4. The molecule has 18 heavy (non-hydrogen) atoms. The van der Waals surface area contributed by atoms with Crippen molar-refractivity contribution in [3.63, 3.8) is 0 Å². The minimum atomic E-state index is -0.257. The van der Waals surface area contributed by atoms with Crippen molar-refractivity contribution in [3.05, 3.63) is 34.0 Å². The molecule has 0 spiro atoms. The molecule has 1 N–H and O–H groups in total. The standard InChI is InChI=1S/C12H12N4OS/c1-7-8(2)18-12(9(7)6-13)15-11(17)10-4-5-14-16(10)3/h4-5H,1-3H3,(H,15,17). The van der Waals surface area contributed by atoms with E-state index in [4.69, 9.17) is 5.26 Å². The monoisotopic (exact) mass is 260 g/mol. The van der Waals surface area contributed by atoms with Gasteiger partial charge in [-0.2, -0.15) is 10.4 Å². The maximum atomic E-state index is 12.0. The van der Waals surface area contributed by atoms with E-state index >= 15 is 0 Å². The van der Waals surface area contributed by atoms with Crippen molar-refractivity contribution in [3.8, 4) is 6.07 Å². The number of nitriles is 1. The third-order valence-corrected chi connectivity index (χ3v) is 3.90. The van der Waals surface area contributed by atoms with E-state index < -0.39 is 0 Å². The van der Waals surface area contributed by atoms with Crippen molar-refractivity contribution in [2.24, 2.45) is 7.05 Å². The molecular formula is C12H12N4OS. The largest absolute Gasteiger partial charge is 0.311 e. The van der Waals surface area contributed by atoms with Crippen LogP contribution in [0.15, 0.2) is 12.3 Å². The van der Waals surface area contributed by atoms with E-state index in [2.05, 4.69) is 16.5 Å². The van der Waals surface area contributed by atoms with Gasteiger partial charge in [-0.3, -0.25) is 9.48 Å². The van der Waals surface area contributed by atoms with E-state index in [0.717, 1.165) is 10.4 Å². The molecule has 6 heteroatoms. The molecule has 0 radical (unpaired) electrons. The lowest BCUT2D eigenvalue weighted by Crippen LogP contribution is -2.15. The Morgan fingerprint density at radius 3 is 2.83 bits per heavy atom. The highest BCUT2D eigenvalue weighted by molar-refractivity contribution is 7.16. The number of aryl methyl sites for hydroxylation is 2. The first-order chi connectivity index (χ1) is 8.54. The third kappa shape index (κ3) is 2.00. The van der Waals surface area contributed by atoms with Crippen LogP contribution in [0.4, 0.5) is 5.00 Å². The van der Waals surface area contributed by atoms with Gasteiger partial charge in [-0.1, -0.05) is 0 Å². The number of amides is 1. The molecular weight excluding hydrogens is 248 g/mol. The molecule has 0 aromatic carbocycles. The zero-order valence-corrected chi connectivity index (χ0v) is 11.1. The zero-order chi connectivity index (χ0) is 13.3. The molecule has 5 nitrogen and oxygen atoms in total. The smallest absolute Gasteiger partial charge is 0.274 e. The maximum absolute atomic E-state index is 12.0. The van der Waals surface area contributed by atoms with Gasteiger partial charge in [-0.15, -0.1) is 11.3 Å². The first-order valence-corrected chi connectivity index (χ1v) is 6.15. The predicted octanol–water partition coefficient (Wildman–Crippen LogP) is 2.22. The number of aromatic nitrogens is 2. The van der Waals surface area contributed by atoms with E-state index in [1.54, 1.807) is 19.3 Å². The van der Waals surface area contributed by atoms with Gasteiger partial charge in [0.1, 0.15) is 16.8 Å². The van der Waals surface area contributed by atoms with Crippen LogP contribution in [0.5, 0.6) is 0 Å². The number of hydrogen-bond acceptors (Lipinski definition) is 4. The van der Waals surface area contributed by atoms with Gasteiger partial charge in [0.05, 0.1) is 5.56 Å². The highest BCUT2D eigenvalue weighted by Crippen LogP contribution is 2.31. The summed E-state index contributed by atoms with van der Waals surface area (Å²) in [6.45, 7) is 3.81. The number of carbonyl (C=O) groups excluding carboxylic acids is 1. The molecule has 0 aliphatic heterocycles. The molecule has 0 atom stereocenters. The number of nitrogens with one attached hydrogen (secondary N) is 1. The fraction of sp³-hybridized carbons (Fsp3) is 0.250. The maximum Gasteiger partial charge on any atom is 0.274 e. The Balaban J connectivity index is 2.31. The Kier molecular flexibility index (Phi) is 3.17. The Labute approximate surface area is 109 Å². The second kappa shape index (κ2) is 4.63. The van der Waals surface area contributed by atoms with Crippen LogP contribution in [0.3, 0.4) is 0 Å². The third-order valence-electron chi connectivity index (χ3n) is 2.78. The summed E-state index contributed by atoms with van der Waals surface area (Å²) in [5.41, 5.74) is 1.92. The summed E-state index contributed by atoms with van der Waals surface area (Å²) < 4.78 is 1.49. The van der Waals surface area contributed by atoms with Crippen LogP contribution in [0, 0.1) is 25.2 Å². The molecule has 2 aromatic rings. The molecule has 1 amide bonds. The number of thiophene rings is 1.